The maximum atomic E-state index is 12.1. The van der Waals surface area contributed by atoms with Crippen molar-refractivity contribution >= 4 is 11.9 Å². The minimum absolute atomic E-state index is 0.159. The number of hydrogen-bond donors (Lipinski definition) is 1. The summed E-state index contributed by atoms with van der Waals surface area (Å²) in [6, 6.07) is 0. The van der Waals surface area contributed by atoms with E-state index < -0.39 is 5.60 Å². The Hall–Kier alpha value is -1.62. The smallest absolute Gasteiger partial charge is 0.334 e. The van der Waals surface area contributed by atoms with E-state index in [4.69, 9.17) is 9.47 Å². The van der Waals surface area contributed by atoms with E-state index in [0.29, 0.717) is 36.8 Å². The quantitative estimate of drug-likeness (QED) is 0.613. The zero-order valence-electron chi connectivity index (χ0n) is 15.7. The van der Waals surface area contributed by atoms with Gasteiger partial charge in [0.25, 0.3) is 0 Å². The number of ether oxygens (including phenoxy) is 2. The molecule has 3 aliphatic rings. The van der Waals surface area contributed by atoms with E-state index in [1.165, 1.54) is 0 Å². The summed E-state index contributed by atoms with van der Waals surface area (Å²) in [7, 11) is 0. The Bertz CT molecular complexity index is 676. The summed E-state index contributed by atoms with van der Waals surface area (Å²) in [6.07, 6.45) is 3.20. The van der Waals surface area contributed by atoms with Crippen molar-refractivity contribution in [3.63, 3.8) is 0 Å². The summed E-state index contributed by atoms with van der Waals surface area (Å²) in [5.41, 5.74) is 0.926. The van der Waals surface area contributed by atoms with Crippen molar-refractivity contribution in [1.82, 2.24) is 0 Å². The van der Waals surface area contributed by atoms with Gasteiger partial charge in [0.2, 0.25) is 0 Å². The lowest BCUT2D eigenvalue weighted by Gasteiger charge is -2.57. The molecule has 1 N–H and O–H groups in total. The molecule has 0 bridgehead atoms. The van der Waals surface area contributed by atoms with Gasteiger partial charge in [-0.25, -0.2) is 9.59 Å². The second kappa shape index (κ2) is 5.97. The van der Waals surface area contributed by atoms with Gasteiger partial charge in [0.1, 0.15) is 12.2 Å². The third kappa shape index (κ3) is 2.73. The van der Waals surface area contributed by atoms with Crippen LogP contribution in [-0.4, -0.2) is 34.9 Å². The monoisotopic (exact) mass is 348 g/mol. The van der Waals surface area contributed by atoms with Gasteiger partial charge in [-0.1, -0.05) is 19.9 Å². The van der Waals surface area contributed by atoms with Crippen molar-refractivity contribution in [1.29, 1.82) is 0 Å². The average Bonchev–Trinajstić information content (AvgIpc) is 2.79. The van der Waals surface area contributed by atoms with E-state index in [1.807, 2.05) is 6.92 Å². The first kappa shape index (κ1) is 18.2. The van der Waals surface area contributed by atoms with Gasteiger partial charge in [0.15, 0.2) is 0 Å². The van der Waals surface area contributed by atoms with Crippen LogP contribution in [0.25, 0.3) is 0 Å². The van der Waals surface area contributed by atoms with Crippen LogP contribution < -0.4 is 0 Å². The highest BCUT2D eigenvalue weighted by Crippen LogP contribution is 2.59. The second-order valence-electron chi connectivity index (χ2n) is 8.21. The Morgan fingerprint density at radius 1 is 1.40 bits per heavy atom. The predicted octanol–water partition coefficient (Wildman–Crippen LogP) is 3.07. The number of carbonyl (C=O) groups excluding carboxylic acids is 2. The van der Waals surface area contributed by atoms with Gasteiger partial charge >= 0.3 is 11.9 Å². The van der Waals surface area contributed by atoms with E-state index in [1.54, 1.807) is 19.9 Å². The lowest BCUT2D eigenvalue weighted by molar-refractivity contribution is -0.200. The highest BCUT2D eigenvalue weighted by molar-refractivity contribution is 5.91. The summed E-state index contributed by atoms with van der Waals surface area (Å²) in [4.78, 5) is 24.0. The van der Waals surface area contributed by atoms with E-state index >= 15 is 0 Å². The number of allylic oxidation sites excluding steroid dienone is 1. The molecule has 0 aromatic carbocycles. The number of esters is 2. The largest absolute Gasteiger partial charge is 0.459 e. The van der Waals surface area contributed by atoms with Crippen molar-refractivity contribution in [3.05, 3.63) is 22.8 Å². The van der Waals surface area contributed by atoms with Crippen LogP contribution >= 0.6 is 0 Å². The van der Waals surface area contributed by atoms with Crippen molar-refractivity contribution in [2.75, 3.05) is 0 Å². The predicted molar refractivity (Wildman–Crippen MR) is 92.6 cm³/mol. The third-order valence-corrected chi connectivity index (χ3v) is 6.87. The number of rotatable bonds is 2. The van der Waals surface area contributed by atoms with Crippen LogP contribution in [0.2, 0.25) is 0 Å². The Labute approximate surface area is 149 Å². The molecule has 0 amide bonds. The Morgan fingerprint density at radius 3 is 2.72 bits per heavy atom. The van der Waals surface area contributed by atoms with Crippen LogP contribution in [0.5, 0.6) is 0 Å². The van der Waals surface area contributed by atoms with Crippen LogP contribution in [0, 0.1) is 11.3 Å². The number of fused-ring (bicyclic) bond motifs is 2. The lowest BCUT2D eigenvalue weighted by atomic mass is 9.51. The molecule has 25 heavy (non-hydrogen) atoms. The number of aliphatic hydroxyl groups is 1. The molecule has 138 valence electrons. The Kier molecular flexibility index (Phi) is 4.34. The van der Waals surface area contributed by atoms with Gasteiger partial charge in [-0.3, -0.25) is 0 Å². The summed E-state index contributed by atoms with van der Waals surface area (Å²) in [5, 5.41) is 11.5. The van der Waals surface area contributed by atoms with Crippen LogP contribution in [0.1, 0.15) is 60.3 Å². The molecule has 5 atom stereocenters. The van der Waals surface area contributed by atoms with E-state index in [9.17, 15) is 14.7 Å². The molecule has 0 saturated heterocycles. The molecule has 2 aliphatic carbocycles. The van der Waals surface area contributed by atoms with Crippen molar-refractivity contribution in [3.8, 4) is 0 Å². The highest BCUT2D eigenvalue weighted by Gasteiger charge is 2.61. The molecule has 2 fully saturated rings. The second-order valence-corrected chi connectivity index (χ2v) is 8.21. The maximum absolute atomic E-state index is 12.1. The first-order valence-electron chi connectivity index (χ1n) is 9.08. The van der Waals surface area contributed by atoms with Gasteiger partial charge in [0, 0.05) is 29.4 Å². The zero-order valence-corrected chi connectivity index (χ0v) is 15.7. The Balaban J connectivity index is 1.85. The lowest BCUT2D eigenvalue weighted by Crippen LogP contribution is -2.61. The fourth-order valence-corrected chi connectivity index (χ4v) is 4.69. The standard InChI is InChI=1S/C20H28O5/c1-6-11(2)17(21)24-14-7-12(3)19(5)9-15-13(4)18(22)25-16(15)10-20(19,23)8-14/h6,12,14,16,23H,7-10H2,1-5H3/t12-,14+,16-,19+,20-/m0/s1. The molecule has 5 nitrogen and oxygen atoms in total. The van der Waals surface area contributed by atoms with Crippen LogP contribution in [-0.2, 0) is 19.1 Å². The van der Waals surface area contributed by atoms with Gasteiger partial charge in [-0.15, -0.1) is 0 Å². The zero-order chi connectivity index (χ0) is 18.6. The third-order valence-electron chi connectivity index (χ3n) is 6.87. The van der Waals surface area contributed by atoms with E-state index in [0.717, 1.165) is 5.57 Å². The van der Waals surface area contributed by atoms with Crippen LogP contribution in [0.4, 0.5) is 0 Å². The van der Waals surface area contributed by atoms with Gasteiger partial charge in [0.05, 0.1) is 5.60 Å². The molecule has 0 unspecified atom stereocenters. The molecular formula is C20H28O5. The topological polar surface area (TPSA) is 72.8 Å². The van der Waals surface area contributed by atoms with Gasteiger partial charge < -0.3 is 14.6 Å². The molecule has 0 aromatic heterocycles. The average molecular weight is 348 g/mol. The summed E-state index contributed by atoms with van der Waals surface area (Å²) >= 11 is 0. The SMILES string of the molecule is CC=C(C)C(=O)O[C@@H]1C[C@H](C)[C@@]2(C)CC3=C(C)C(=O)O[C@H]3C[C@@]2(O)C1. The van der Waals surface area contributed by atoms with E-state index in [-0.39, 0.29) is 35.5 Å². The molecule has 0 radical (unpaired) electrons. The summed E-state index contributed by atoms with van der Waals surface area (Å²) in [5.74, 6) is -0.441. The Morgan fingerprint density at radius 2 is 2.08 bits per heavy atom. The van der Waals surface area contributed by atoms with Crippen molar-refractivity contribution in [2.45, 2.75) is 78.1 Å². The molecule has 2 saturated carbocycles. The molecular weight excluding hydrogens is 320 g/mol. The minimum Gasteiger partial charge on any atom is -0.459 e. The van der Waals surface area contributed by atoms with Gasteiger partial charge in [-0.05, 0) is 45.1 Å². The van der Waals surface area contributed by atoms with Crippen LogP contribution in [0.15, 0.2) is 22.8 Å². The molecule has 0 aromatic rings. The maximum Gasteiger partial charge on any atom is 0.334 e. The molecule has 5 heteroatoms. The number of hydrogen-bond acceptors (Lipinski definition) is 5. The molecule has 3 rings (SSSR count). The minimum atomic E-state index is -1.02. The first-order valence-corrected chi connectivity index (χ1v) is 9.08. The van der Waals surface area contributed by atoms with Crippen LogP contribution in [0.3, 0.4) is 0 Å². The highest BCUT2D eigenvalue weighted by atomic mass is 16.6. The normalized spacial score (nSPS) is 41.1. The fraction of sp³-hybridized carbons (Fsp3) is 0.700. The number of carbonyl (C=O) groups is 2. The summed E-state index contributed by atoms with van der Waals surface area (Å²) < 4.78 is 11.1. The fourth-order valence-electron chi connectivity index (χ4n) is 4.69. The van der Waals surface area contributed by atoms with Gasteiger partial charge in [-0.2, -0.15) is 0 Å². The molecule has 0 spiro atoms. The molecule has 1 aliphatic heterocycles. The van der Waals surface area contributed by atoms with E-state index in [2.05, 4.69) is 13.8 Å². The first-order chi connectivity index (χ1) is 11.6. The molecule has 1 heterocycles. The van der Waals surface area contributed by atoms with Crippen molar-refractivity contribution < 1.29 is 24.2 Å². The van der Waals surface area contributed by atoms with Crippen molar-refractivity contribution in [2.24, 2.45) is 11.3 Å². The summed E-state index contributed by atoms with van der Waals surface area (Å²) in [6.45, 7) is 9.53.